The van der Waals surface area contributed by atoms with E-state index in [1.807, 2.05) is 6.92 Å². The predicted octanol–water partition coefficient (Wildman–Crippen LogP) is 2.90. The molecule has 0 aliphatic heterocycles. The third-order valence-electron chi connectivity index (χ3n) is 2.24. The lowest BCUT2D eigenvalue weighted by molar-refractivity contribution is 0.147. The molecule has 0 atom stereocenters. The van der Waals surface area contributed by atoms with Crippen LogP contribution in [0.15, 0.2) is 10.7 Å². The van der Waals surface area contributed by atoms with Crippen molar-refractivity contribution >= 4 is 27.7 Å². The summed E-state index contributed by atoms with van der Waals surface area (Å²) >= 11 is 3.43. The highest BCUT2D eigenvalue weighted by atomic mass is 79.9. The molecule has 0 aromatic carbocycles. The van der Waals surface area contributed by atoms with Crippen LogP contribution < -0.4 is 10.6 Å². The Morgan fingerprint density at radius 2 is 2.11 bits per heavy atom. The van der Waals surface area contributed by atoms with Gasteiger partial charge in [-0.15, -0.1) is 0 Å². The Bertz CT molecular complexity index is 349. The summed E-state index contributed by atoms with van der Waals surface area (Å²) in [5.74, 6) is 1.48. The zero-order valence-electron chi connectivity index (χ0n) is 11.0. The SMILES string of the molecule is CCCNc1ncc(Br)c(NCCCOCC)n1. The second-order valence-electron chi connectivity index (χ2n) is 3.79. The number of hydrogen-bond acceptors (Lipinski definition) is 5. The van der Waals surface area contributed by atoms with Gasteiger partial charge in [0.1, 0.15) is 5.82 Å². The van der Waals surface area contributed by atoms with Crippen molar-refractivity contribution in [2.75, 3.05) is 36.9 Å². The molecule has 0 saturated carbocycles. The van der Waals surface area contributed by atoms with E-state index in [1.54, 1.807) is 6.20 Å². The maximum atomic E-state index is 5.28. The Morgan fingerprint density at radius 3 is 2.83 bits per heavy atom. The summed E-state index contributed by atoms with van der Waals surface area (Å²) < 4.78 is 6.16. The topological polar surface area (TPSA) is 59.1 Å². The average molecular weight is 317 g/mol. The zero-order valence-corrected chi connectivity index (χ0v) is 12.6. The molecule has 1 aromatic heterocycles. The molecule has 5 nitrogen and oxygen atoms in total. The van der Waals surface area contributed by atoms with Crippen molar-refractivity contribution < 1.29 is 4.74 Å². The first kappa shape index (κ1) is 15.2. The van der Waals surface area contributed by atoms with Crippen LogP contribution in [0.25, 0.3) is 0 Å². The highest BCUT2D eigenvalue weighted by molar-refractivity contribution is 9.10. The Balaban J connectivity index is 2.42. The molecule has 0 amide bonds. The van der Waals surface area contributed by atoms with Crippen LogP contribution in [0.2, 0.25) is 0 Å². The number of aromatic nitrogens is 2. The normalized spacial score (nSPS) is 10.4. The lowest BCUT2D eigenvalue weighted by Gasteiger charge is -2.09. The van der Waals surface area contributed by atoms with Gasteiger partial charge in [0.05, 0.1) is 4.47 Å². The summed E-state index contributed by atoms with van der Waals surface area (Å²) in [6, 6.07) is 0. The van der Waals surface area contributed by atoms with Crippen LogP contribution in [0, 0.1) is 0 Å². The summed E-state index contributed by atoms with van der Waals surface area (Å²) in [5.41, 5.74) is 0. The van der Waals surface area contributed by atoms with Crippen molar-refractivity contribution in [2.24, 2.45) is 0 Å². The predicted molar refractivity (Wildman–Crippen MR) is 78.1 cm³/mol. The van der Waals surface area contributed by atoms with Gasteiger partial charge in [-0.2, -0.15) is 4.98 Å². The molecule has 0 unspecified atom stereocenters. The number of anilines is 2. The van der Waals surface area contributed by atoms with E-state index in [0.717, 1.165) is 49.4 Å². The first-order valence-corrected chi connectivity index (χ1v) is 7.15. The number of ether oxygens (including phenoxy) is 1. The molecule has 0 saturated heterocycles. The van der Waals surface area contributed by atoms with Crippen molar-refractivity contribution in [3.8, 4) is 0 Å². The number of hydrogen-bond donors (Lipinski definition) is 2. The minimum absolute atomic E-state index is 0.660. The number of rotatable bonds is 9. The third-order valence-corrected chi connectivity index (χ3v) is 2.82. The van der Waals surface area contributed by atoms with E-state index in [0.29, 0.717) is 5.95 Å². The molecule has 0 aliphatic rings. The van der Waals surface area contributed by atoms with E-state index < -0.39 is 0 Å². The van der Waals surface area contributed by atoms with Gasteiger partial charge in [0.2, 0.25) is 5.95 Å². The lowest BCUT2D eigenvalue weighted by atomic mass is 10.4. The molecule has 102 valence electrons. The molecule has 0 spiro atoms. The van der Waals surface area contributed by atoms with E-state index in [4.69, 9.17) is 4.74 Å². The summed E-state index contributed by atoms with van der Waals surface area (Å²) in [4.78, 5) is 8.61. The van der Waals surface area contributed by atoms with Crippen LogP contribution in [0.3, 0.4) is 0 Å². The zero-order chi connectivity index (χ0) is 13.2. The van der Waals surface area contributed by atoms with Gasteiger partial charge in [0, 0.05) is 32.5 Å². The van der Waals surface area contributed by atoms with E-state index in [9.17, 15) is 0 Å². The first-order chi connectivity index (χ1) is 8.77. The Hall–Kier alpha value is -0.880. The minimum atomic E-state index is 0.660. The first-order valence-electron chi connectivity index (χ1n) is 6.36. The smallest absolute Gasteiger partial charge is 0.224 e. The van der Waals surface area contributed by atoms with Crippen LogP contribution in [0.1, 0.15) is 26.7 Å². The molecule has 2 N–H and O–H groups in total. The maximum Gasteiger partial charge on any atom is 0.224 e. The molecule has 18 heavy (non-hydrogen) atoms. The van der Waals surface area contributed by atoms with Crippen molar-refractivity contribution in [3.63, 3.8) is 0 Å². The molecule has 1 heterocycles. The second-order valence-corrected chi connectivity index (χ2v) is 4.65. The fraction of sp³-hybridized carbons (Fsp3) is 0.667. The van der Waals surface area contributed by atoms with Crippen molar-refractivity contribution in [2.45, 2.75) is 26.7 Å². The van der Waals surface area contributed by atoms with E-state index >= 15 is 0 Å². The molecule has 1 rings (SSSR count). The monoisotopic (exact) mass is 316 g/mol. The van der Waals surface area contributed by atoms with Crippen molar-refractivity contribution in [1.29, 1.82) is 0 Å². The Kier molecular flexibility index (Phi) is 7.68. The van der Waals surface area contributed by atoms with Crippen LogP contribution in [0.4, 0.5) is 11.8 Å². The van der Waals surface area contributed by atoms with Gasteiger partial charge in [-0.3, -0.25) is 0 Å². The average Bonchev–Trinajstić information content (AvgIpc) is 2.39. The fourth-order valence-electron chi connectivity index (χ4n) is 1.34. The van der Waals surface area contributed by atoms with E-state index in [2.05, 4.69) is 43.5 Å². The van der Waals surface area contributed by atoms with Crippen LogP contribution in [-0.4, -0.2) is 36.3 Å². The van der Waals surface area contributed by atoms with Gasteiger partial charge in [-0.05, 0) is 35.7 Å². The quantitative estimate of drug-likeness (QED) is 0.686. The number of halogens is 1. The summed E-state index contributed by atoms with van der Waals surface area (Å²) in [5, 5.41) is 6.44. The standard InChI is InChI=1S/C12H21BrN4O/c1-3-6-15-12-16-9-10(13)11(17-12)14-7-5-8-18-4-2/h9H,3-8H2,1-2H3,(H2,14,15,16,17). The van der Waals surface area contributed by atoms with Crippen LogP contribution >= 0.6 is 15.9 Å². The Morgan fingerprint density at radius 1 is 1.28 bits per heavy atom. The fourth-order valence-corrected chi connectivity index (χ4v) is 1.67. The van der Waals surface area contributed by atoms with Gasteiger partial charge < -0.3 is 15.4 Å². The van der Waals surface area contributed by atoms with Crippen LogP contribution in [-0.2, 0) is 4.74 Å². The molecule has 1 aromatic rings. The van der Waals surface area contributed by atoms with Gasteiger partial charge in [0.15, 0.2) is 0 Å². The van der Waals surface area contributed by atoms with Gasteiger partial charge in [-0.1, -0.05) is 6.92 Å². The third kappa shape index (κ3) is 5.64. The highest BCUT2D eigenvalue weighted by Gasteiger charge is 2.03. The van der Waals surface area contributed by atoms with Gasteiger partial charge in [-0.25, -0.2) is 4.98 Å². The minimum Gasteiger partial charge on any atom is -0.382 e. The molecular formula is C12H21BrN4O. The second kappa shape index (κ2) is 9.10. The molecule has 0 aliphatic carbocycles. The van der Waals surface area contributed by atoms with Crippen molar-refractivity contribution in [1.82, 2.24) is 9.97 Å². The lowest BCUT2D eigenvalue weighted by Crippen LogP contribution is -2.10. The summed E-state index contributed by atoms with van der Waals surface area (Å²) in [7, 11) is 0. The molecule has 0 bridgehead atoms. The summed E-state index contributed by atoms with van der Waals surface area (Å²) in [6.07, 6.45) is 3.77. The number of nitrogens with one attached hydrogen (secondary N) is 2. The van der Waals surface area contributed by atoms with Gasteiger partial charge >= 0.3 is 0 Å². The van der Waals surface area contributed by atoms with Crippen LogP contribution in [0.5, 0.6) is 0 Å². The molecular weight excluding hydrogens is 296 g/mol. The molecule has 0 radical (unpaired) electrons. The van der Waals surface area contributed by atoms with Gasteiger partial charge in [0.25, 0.3) is 0 Å². The molecule has 6 heteroatoms. The van der Waals surface area contributed by atoms with E-state index in [-0.39, 0.29) is 0 Å². The highest BCUT2D eigenvalue weighted by Crippen LogP contribution is 2.19. The maximum absolute atomic E-state index is 5.28. The largest absolute Gasteiger partial charge is 0.382 e. The van der Waals surface area contributed by atoms with E-state index in [1.165, 1.54) is 0 Å². The summed E-state index contributed by atoms with van der Waals surface area (Å²) in [6.45, 7) is 7.36. The van der Waals surface area contributed by atoms with Crippen molar-refractivity contribution in [3.05, 3.63) is 10.7 Å². The Labute approximate surface area is 117 Å². The number of nitrogens with zero attached hydrogens (tertiary/aromatic N) is 2. The molecule has 0 fully saturated rings.